The van der Waals surface area contributed by atoms with Gasteiger partial charge in [-0.05, 0) is 75.1 Å². The van der Waals surface area contributed by atoms with Crippen molar-refractivity contribution in [2.24, 2.45) is 5.73 Å². The number of carbonyl (C=O) groups excluding carboxylic acids is 2. The average Bonchev–Trinajstić information content (AvgIpc) is 3.31. The summed E-state index contributed by atoms with van der Waals surface area (Å²) >= 11 is 1.76. The van der Waals surface area contributed by atoms with Gasteiger partial charge in [0.25, 0.3) is 0 Å². The first-order chi connectivity index (χ1) is 16.0. The van der Waals surface area contributed by atoms with Gasteiger partial charge in [-0.25, -0.2) is 0 Å². The van der Waals surface area contributed by atoms with Crippen molar-refractivity contribution in [2.75, 3.05) is 19.7 Å². The Bertz CT molecular complexity index is 886. The second-order valence-corrected chi connectivity index (χ2v) is 9.59. The SMILES string of the molecule is CCOC(=O)[C@H](CCc1ccccc1)N[C@@H](CCCCN)C(=O)N1CCc2sccc2C1C. The molecule has 0 aliphatic carbocycles. The minimum absolute atomic E-state index is 0.0386. The zero-order valence-corrected chi connectivity index (χ0v) is 20.6. The minimum Gasteiger partial charge on any atom is -0.465 e. The molecule has 3 atom stereocenters. The zero-order valence-electron chi connectivity index (χ0n) is 19.8. The maximum Gasteiger partial charge on any atom is 0.323 e. The van der Waals surface area contributed by atoms with E-state index in [9.17, 15) is 9.59 Å². The number of benzene rings is 1. The Morgan fingerprint density at radius 2 is 1.97 bits per heavy atom. The summed E-state index contributed by atoms with van der Waals surface area (Å²) < 4.78 is 5.36. The van der Waals surface area contributed by atoms with Gasteiger partial charge in [-0.2, -0.15) is 0 Å². The average molecular weight is 472 g/mol. The minimum atomic E-state index is -0.534. The van der Waals surface area contributed by atoms with Crippen molar-refractivity contribution >= 4 is 23.2 Å². The van der Waals surface area contributed by atoms with Gasteiger partial charge in [0, 0.05) is 11.4 Å². The summed E-state index contributed by atoms with van der Waals surface area (Å²) in [6, 6.07) is 11.3. The topological polar surface area (TPSA) is 84.7 Å². The van der Waals surface area contributed by atoms with E-state index in [1.807, 2.05) is 30.0 Å². The van der Waals surface area contributed by atoms with E-state index in [2.05, 4.69) is 35.8 Å². The zero-order chi connectivity index (χ0) is 23.6. The fourth-order valence-electron chi connectivity index (χ4n) is 4.49. The lowest BCUT2D eigenvalue weighted by molar-refractivity contribution is -0.146. The smallest absolute Gasteiger partial charge is 0.323 e. The van der Waals surface area contributed by atoms with E-state index < -0.39 is 12.1 Å². The molecule has 0 bridgehead atoms. The summed E-state index contributed by atoms with van der Waals surface area (Å²) in [6.45, 7) is 5.52. The Kier molecular flexibility index (Phi) is 9.91. The molecule has 0 fully saturated rings. The number of unbranched alkanes of at least 4 members (excludes halogenated alkanes) is 1. The number of esters is 1. The number of nitrogens with two attached hydrogens (primary N) is 1. The third-order valence-electron chi connectivity index (χ3n) is 6.34. The van der Waals surface area contributed by atoms with Gasteiger partial charge < -0.3 is 15.4 Å². The summed E-state index contributed by atoms with van der Waals surface area (Å²) in [6.07, 6.45) is 4.53. The molecule has 1 aromatic heterocycles. The molecular weight excluding hydrogens is 434 g/mol. The number of aryl methyl sites for hydroxylation is 1. The number of nitrogens with one attached hydrogen (secondary N) is 1. The highest BCUT2D eigenvalue weighted by Crippen LogP contribution is 2.33. The Morgan fingerprint density at radius 1 is 1.18 bits per heavy atom. The first kappa shape index (κ1) is 25.4. The van der Waals surface area contributed by atoms with Crippen LogP contribution in [0, 0.1) is 0 Å². The Morgan fingerprint density at radius 3 is 2.70 bits per heavy atom. The Balaban J connectivity index is 1.74. The number of amides is 1. The highest BCUT2D eigenvalue weighted by Gasteiger charge is 2.34. The molecule has 2 aromatic rings. The fraction of sp³-hybridized carbons (Fsp3) is 0.538. The lowest BCUT2D eigenvalue weighted by Gasteiger charge is -2.37. The van der Waals surface area contributed by atoms with Gasteiger partial charge in [-0.1, -0.05) is 36.8 Å². The second-order valence-electron chi connectivity index (χ2n) is 8.59. The van der Waals surface area contributed by atoms with Gasteiger partial charge in [0.1, 0.15) is 6.04 Å². The van der Waals surface area contributed by atoms with Crippen LogP contribution in [0.1, 0.15) is 61.6 Å². The van der Waals surface area contributed by atoms with Crippen LogP contribution in [0.5, 0.6) is 0 Å². The molecular formula is C26H37N3O3S. The molecule has 1 aliphatic heterocycles. The first-order valence-corrected chi connectivity index (χ1v) is 13.0. The van der Waals surface area contributed by atoms with Crippen LogP contribution in [0.3, 0.4) is 0 Å². The summed E-state index contributed by atoms with van der Waals surface area (Å²) in [7, 11) is 0. The van der Waals surface area contributed by atoms with E-state index in [1.54, 1.807) is 11.3 Å². The molecule has 1 amide bonds. The molecule has 0 saturated carbocycles. The number of rotatable bonds is 12. The number of nitrogens with zero attached hydrogens (tertiary/aromatic N) is 1. The summed E-state index contributed by atoms with van der Waals surface area (Å²) in [5.41, 5.74) is 8.11. The maximum atomic E-state index is 13.7. The number of hydrogen-bond donors (Lipinski definition) is 2. The van der Waals surface area contributed by atoms with E-state index in [1.165, 1.54) is 10.4 Å². The van der Waals surface area contributed by atoms with Crippen LogP contribution in [-0.2, 0) is 27.2 Å². The van der Waals surface area contributed by atoms with Crippen LogP contribution in [-0.4, -0.2) is 48.6 Å². The van der Waals surface area contributed by atoms with E-state index in [0.29, 0.717) is 32.5 Å². The highest BCUT2D eigenvalue weighted by atomic mass is 32.1. The lowest BCUT2D eigenvalue weighted by atomic mass is 9.98. The third-order valence-corrected chi connectivity index (χ3v) is 7.34. The third kappa shape index (κ3) is 6.88. The van der Waals surface area contributed by atoms with Gasteiger partial charge in [-0.3, -0.25) is 14.9 Å². The largest absolute Gasteiger partial charge is 0.465 e. The van der Waals surface area contributed by atoms with Gasteiger partial charge in [0.15, 0.2) is 0 Å². The predicted octanol–water partition coefficient (Wildman–Crippen LogP) is 3.85. The second kappa shape index (κ2) is 12.9. The summed E-state index contributed by atoms with van der Waals surface area (Å²) in [5, 5.41) is 5.50. The molecule has 3 N–H and O–H groups in total. The van der Waals surface area contributed by atoms with E-state index in [0.717, 1.165) is 31.2 Å². The number of hydrogen-bond acceptors (Lipinski definition) is 6. The number of ether oxygens (including phenoxy) is 1. The van der Waals surface area contributed by atoms with E-state index >= 15 is 0 Å². The van der Waals surface area contributed by atoms with Crippen LogP contribution in [0.2, 0.25) is 0 Å². The quantitative estimate of drug-likeness (QED) is 0.363. The Labute approximate surface area is 201 Å². The monoisotopic (exact) mass is 471 g/mol. The fourth-order valence-corrected chi connectivity index (χ4v) is 5.45. The number of carbonyl (C=O) groups is 2. The van der Waals surface area contributed by atoms with Gasteiger partial charge in [0.05, 0.1) is 18.7 Å². The van der Waals surface area contributed by atoms with Crippen molar-refractivity contribution in [1.29, 1.82) is 0 Å². The van der Waals surface area contributed by atoms with Crippen LogP contribution in [0.15, 0.2) is 41.8 Å². The van der Waals surface area contributed by atoms with Crippen LogP contribution >= 0.6 is 11.3 Å². The van der Waals surface area contributed by atoms with E-state index in [4.69, 9.17) is 10.5 Å². The molecule has 7 heteroatoms. The molecule has 0 spiro atoms. The van der Waals surface area contributed by atoms with Crippen molar-refractivity contribution in [3.8, 4) is 0 Å². The standard InChI is InChI=1S/C26H37N3O3S/c1-3-32-26(31)23(13-12-20-9-5-4-6-10-20)28-22(11-7-8-16-27)25(30)29-17-14-24-21(19(29)2)15-18-33-24/h4-6,9-10,15,18-19,22-23,28H,3,7-8,11-14,16-17,27H2,1-2H3/t19?,22-,23-/m0/s1. The van der Waals surface area contributed by atoms with Gasteiger partial charge in [0.2, 0.25) is 5.91 Å². The number of thiophene rings is 1. The molecule has 6 nitrogen and oxygen atoms in total. The molecule has 33 heavy (non-hydrogen) atoms. The normalized spacial score (nSPS) is 17.3. The van der Waals surface area contributed by atoms with Crippen molar-refractivity contribution in [1.82, 2.24) is 10.2 Å². The molecule has 0 saturated heterocycles. The van der Waals surface area contributed by atoms with Crippen LogP contribution in [0.25, 0.3) is 0 Å². The summed E-state index contributed by atoms with van der Waals surface area (Å²) in [5.74, 6) is -0.234. The molecule has 0 radical (unpaired) electrons. The lowest BCUT2D eigenvalue weighted by Crippen LogP contribution is -2.54. The van der Waals surface area contributed by atoms with Crippen molar-refractivity contribution in [2.45, 2.75) is 70.5 Å². The highest BCUT2D eigenvalue weighted by molar-refractivity contribution is 7.10. The van der Waals surface area contributed by atoms with Crippen molar-refractivity contribution in [3.05, 3.63) is 57.8 Å². The summed E-state index contributed by atoms with van der Waals surface area (Å²) in [4.78, 5) is 29.8. The molecule has 1 unspecified atom stereocenters. The Hall–Kier alpha value is -2.22. The maximum absolute atomic E-state index is 13.7. The van der Waals surface area contributed by atoms with Gasteiger partial charge in [-0.15, -0.1) is 11.3 Å². The van der Waals surface area contributed by atoms with Crippen LogP contribution in [0.4, 0.5) is 0 Å². The van der Waals surface area contributed by atoms with Crippen molar-refractivity contribution < 1.29 is 14.3 Å². The van der Waals surface area contributed by atoms with E-state index in [-0.39, 0.29) is 17.9 Å². The van der Waals surface area contributed by atoms with Crippen molar-refractivity contribution in [3.63, 3.8) is 0 Å². The molecule has 2 heterocycles. The molecule has 1 aliphatic rings. The van der Waals surface area contributed by atoms with Crippen LogP contribution < -0.4 is 11.1 Å². The predicted molar refractivity (Wildman–Crippen MR) is 133 cm³/mol. The number of fused-ring (bicyclic) bond motifs is 1. The first-order valence-electron chi connectivity index (χ1n) is 12.1. The molecule has 1 aromatic carbocycles. The molecule has 3 rings (SSSR count). The molecule has 180 valence electrons. The van der Waals surface area contributed by atoms with Gasteiger partial charge >= 0.3 is 5.97 Å².